The van der Waals surface area contributed by atoms with Gasteiger partial charge in [0.2, 0.25) is 17.7 Å². The van der Waals surface area contributed by atoms with Crippen molar-refractivity contribution < 1.29 is 18.7 Å². The molecule has 30 heavy (non-hydrogen) atoms. The first-order valence-corrected chi connectivity index (χ1v) is 10.0. The molecule has 0 aliphatic rings. The Morgan fingerprint density at radius 1 is 1.07 bits per heavy atom. The number of amides is 1. The van der Waals surface area contributed by atoms with Crippen molar-refractivity contribution in [2.45, 2.75) is 26.4 Å². The molecule has 158 valence electrons. The van der Waals surface area contributed by atoms with Crippen molar-refractivity contribution in [3.8, 4) is 17.2 Å². The largest absolute Gasteiger partial charge is 0.491 e. The Labute approximate surface area is 180 Å². The van der Waals surface area contributed by atoms with Crippen LogP contribution in [0.5, 0.6) is 5.75 Å². The Kier molecular flexibility index (Phi) is 7.82. The van der Waals surface area contributed by atoms with E-state index in [1.807, 2.05) is 56.3 Å². The monoisotopic (exact) mass is 429 g/mol. The molecule has 3 aromatic rings. The van der Waals surface area contributed by atoms with E-state index in [0.717, 1.165) is 5.75 Å². The van der Waals surface area contributed by atoms with Gasteiger partial charge in [-0.05, 0) is 38.1 Å². The Hall–Kier alpha value is -2.90. The van der Waals surface area contributed by atoms with E-state index in [1.54, 1.807) is 17.0 Å². The number of aromatic nitrogens is 2. The number of nitrogens with zero attached hydrogens (tertiary/aromatic N) is 3. The summed E-state index contributed by atoms with van der Waals surface area (Å²) in [5.74, 6) is 1.25. The molecule has 0 saturated carbocycles. The van der Waals surface area contributed by atoms with Crippen LogP contribution in [-0.2, 0) is 16.1 Å². The van der Waals surface area contributed by atoms with E-state index >= 15 is 0 Å². The number of rotatable bonds is 10. The van der Waals surface area contributed by atoms with E-state index in [2.05, 4.69) is 10.2 Å². The van der Waals surface area contributed by atoms with Gasteiger partial charge >= 0.3 is 0 Å². The maximum Gasteiger partial charge on any atom is 0.249 e. The van der Waals surface area contributed by atoms with Gasteiger partial charge in [-0.1, -0.05) is 41.9 Å². The standard InChI is InChI=1S/C22H24ClN3O4/c1-16(2)26(21(27)15-28-12-13-29-17-8-4-3-5-9-17)14-20-24-25-22(30-20)18-10-6-7-11-19(18)23/h3-11,16H,12-15H2,1-2H3. The Morgan fingerprint density at radius 2 is 1.80 bits per heavy atom. The van der Waals surface area contributed by atoms with E-state index in [0.29, 0.717) is 35.6 Å². The molecule has 7 nitrogen and oxygen atoms in total. The van der Waals surface area contributed by atoms with Crippen LogP contribution in [0.1, 0.15) is 19.7 Å². The molecule has 3 rings (SSSR count). The van der Waals surface area contributed by atoms with Gasteiger partial charge in [0.05, 0.1) is 23.7 Å². The van der Waals surface area contributed by atoms with E-state index in [-0.39, 0.29) is 25.1 Å². The zero-order valence-corrected chi connectivity index (χ0v) is 17.7. The smallest absolute Gasteiger partial charge is 0.249 e. The predicted molar refractivity (Wildman–Crippen MR) is 113 cm³/mol. The topological polar surface area (TPSA) is 77.7 Å². The highest BCUT2D eigenvalue weighted by Gasteiger charge is 2.21. The first-order chi connectivity index (χ1) is 14.5. The van der Waals surface area contributed by atoms with Crippen molar-refractivity contribution in [1.29, 1.82) is 0 Å². The lowest BCUT2D eigenvalue weighted by molar-refractivity contribution is -0.139. The molecule has 0 aliphatic carbocycles. The van der Waals surface area contributed by atoms with Crippen LogP contribution in [0.15, 0.2) is 59.0 Å². The third-order valence-electron chi connectivity index (χ3n) is 4.29. The normalized spacial score (nSPS) is 10.9. The molecule has 0 fully saturated rings. The minimum absolute atomic E-state index is 0.0537. The number of halogens is 1. The van der Waals surface area contributed by atoms with E-state index in [9.17, 15) is 4.79 Å². The van der Waals surface area contributed by atoms with Crippen LogP contribution in [-0.4, -0.2) is 46.9 Å². The molecule has 0 aliphatic heterocycles. The molecule has 2 aromatic carbocycles. The Morgan fingerprint density at radius 3 is 2.53 bits per heavy atom. The number of hydrogen-bond acceptors (Lipinski definition) is 6. The summed E-state index contributed by atoms with van der Waals surface area (Å²) in [6, 6.07) is 16.6. The molecule has 1 amide bonds. The summed E-state index contributed by atoms with van der Waals surface area (Å²) in [5.41, 5.74) is 0.655. The summed E-state index contributed by atoms with van der Waals surface area (Å²) in [4.78, 5) is 14.2. The molecule has 0 unspecified atom stereocenters. The van der Waals surface area contributed by atoms with Crippen LogP contribution in [0.25, 0.3) is 11.5 Å². The van der Waals surface area contributed by atoms with E-state index in [1.165, 1.54) is 0 Å². The third-order valence-corrected chi connectivity index (χ3v) is 4.62. The molecule has 8 heteroatoms. The molecule has 0 saturated heterocycles. The van der Waals surface area contributed by atoms with Gasteiger partial charge in [0.25, 0.3) is 0 Å². The van der Waals surface area contributed by atoms with Gasteiger partial charge in [-0.15, -0.1) is 10.2 Å². The second-order valence-corrected chi connectivity index (χ2v) is 7.22. The highest BCUT2D eigenvalue weighted by atomic mass is 35.5. The van der Waals surface area contributed by atoms with Gasteiger partial charge < -0.3 is 18.8 Å². The third kappa shape index (κ3) is 6.05. The fourth-order valence-corrected chi connectivity index (χ4v) is 2.96. The number of benzene rings is 2. The van der Waals surface area contributed by atoms with Gasteiger partial charge in [-0.3, -0.25) is 4.79 Å². The van der Waals surface area contributed by atoms with Crippen molar-refractivity contribution in [3.05, 3.63) is 65.5 Å². The van der Waals surface area contributed by atoms with E-state index in [4.69, 9.17) is 25.5 Å². The molecule has 0 N–H and O–H groups in total. The number of carbonyl (C=O) groups is 1. The van der Waals surface area contributed by atoms with Crippen molar-refractivity contribution in [1.82, 2.24) is 15.1 Å². The fourth-order valence-electron chi connectivity index (χ4n) is 2.74. The summed E-state index contributed by atoms with van der Waals surface area (Å²) >= 11 is 6.18. The second-order valence-electron chi connectivity index (χ2n) is 6.81. The van der Waals surface area contributed by atoms with Crippen LogP contribution in [0.3, 0.4) is 0 Å². The molecular weight excluding hydrogens is 406 g/mol. The van der Waals surface area contributed by atoms with Gasteiger partial charge in [0, 0.05) is 6.04 Å². The summed E-state index contributed by atoms with van der Waals surface area (Å²) in [7, 11) is 0. The van der Waals surface area contributed by atoms with Crippen LogP contribution < -0.4 is 4.74 Å². The molecule has 1 aromatic heterocycles. The van der Waals surface area contributed by atoms with Crippen molar-refractivity contribution in [2.75, 3.05) is 19.8 Å². The van der Waals surface area contributed by atoms with Crippen LogP contribution in [0.2, 0.25) is 5.02 Å². The first-order valence-electron chi connectivity index (χ1n) is 9.67. The molecule has 0 spiro atoms. The SMILES string of the molecule is CC(C)N(Cc1nnc(-c2ccccc2Cl)o1)C(=O)COCCOc1ccccc1. The van der Waals surface area contributed by atoms with Gasteiger partial charge in [0.1, 0.15) is 19.0 Å². The summed E-state index contributed by atoms with van der Waals surface area (Å²) in [5, 5.41) is 8.62. The van der Waals surface area contributed by atoms with Gasteiger partial charge in [-0.25, -0.2) is 0 Å². The van der Waals surface area contributed by atoms with E-state index < -0.39 is 0 Å². The number of carbonyl (C=O) groups excluding carboxylic acids is 1. The van der Waals surface area contributed by atoms with Gasteiger partial charge in [0.15, 0.2) is 0 Å². The molecule has 0 atom stereocenters. The van der Waals surface area contributed by atoms with Crippen LogP contribution in [0.4, 0.5) is 0 Å². The fraction of sp³-hybridized carbons (Fsp3) is 0.318. The Balaban J connectivity index is 1.50. The second kappa shape index (κ2) is 10.8. The average Bonchev–Trinajstić information content (AvgIpc) is 3.21. The first kappa shape index (κ1) is 21.8. The molecular formula is C22H24ClN3O4. The van der Waals surface area contributed by atoms with Crippen LogP contribution >= 0.6 is 11.6 Å². The molecule has 0 radical (unpaired) electrons. The highest BCUT2D eigenvalue weighted by molar-refractivity contribution is 6.33. The minimum Gasteiger partial charge on any atom is -0.491 e. The number of hydrogen-bond donors (Lipinski definition) is 0. The van der Waals surface area contributed by atoms with Crippen LogP contribution in [0, 0.1) is 0 Å². The van der Waals surface area contributed by atoms with Crippen molar-refractivity contribution in [2.24, 2.45) is 0 Å². The van der Waals surface area contributed by atoms with Crippen molar-refractivity contribution >= 4 is 17.5 Å². The summed E-state index contributed by atoms with van der Waals surface area (Å²) in [6.45, 7) is 4.65. The lowest BCUT2D eigenvalue weighted by Gasteiger charge is -2.25. The lowest BCUT2D eigenvalue weighted by Crippen LogP contribution is -2.39. The molecule has 0 bridgehead atoms. The number of ether oxygens (including phenoxy) is 2. The lowest BCUT2D eigenvalue weighted by atomic mass is 10.2. The highest BCUT2D eigenvalue weighted by Crippen LogP contribution is 2.26. The maximum atomic E-state index is 12.6. The zero-order chi connectivity index (χ0) is 21.3. The average molecular weight is 430 g/mol. The summed E-state index contributed by atoms with van der Waals surface area (Å²) < 4.78 is 16.7. The zero-order valence-electron chi connectivity index (χ0n) is 17.0. The maximum absolute atomic E-state index is 12.6. The van der Waals surface area contributed by atoms with Crippen molar-refractivity contribution in [3.63, 3.8) is 0 Å². The quantitative estimate of drug-likeness (QED) is 0.449. The van der Waals surface area contributed by atoms with Gasteiger partial charge in [-0.2, -0.15) is 0 Å². The summed E-state index contributed by atoms with van der Waals surface area (Å²) in [6.07, 6.45) is 0. The molecule has 1 heterocycles. The predicted octanol–water partition coefficient (Wildman–Crippen LogP) is 4.22. The number of para-hydroxylation sites is 1. The minimum atomic E-state index is -0.165. The Bertz CT molecular complexity index is 946.